The Morgan fingerprint density at radius 3 is 2.50 bits per heavy atom. The smallest absolute Gasteiger partial charge is 0.293 e. The molecule has 0 saturated heterocycles. The van der Waals surface area contributed by atoms with Crippen LogP contribution >= 0.6 is 0 Å². The summed E-state index contributed by atoms with van der Waals surface area (Å²) in [5, 5.41) is 23.2. The first-order valence-corrected chi connectivity index (χ1v) is 5.57. The summed E-state index contributed by atoms with van der Waals surface area (Å²) >= 11 is 0. The SMILES string of the molecule is CC(=O)Nc1ccc(C(O)C(C)C)cc1[N+](=O)[O-]. The van der Waals surface area contributed by atoms with Crippen molar-refractivity contribution >= 4 is 17.3 Å². The average molecular weight is 252 g/mol. The van der Waals surface area contributed by atoms with Gasteiger partial charge in [0.05, 0.1) is 11.0 Å². The van der Waals surface area contributed by atoms with Gasteiger partial charge >= 0.3 is 0 Å². The van der Waals surface area contributed by atoms with Crippen LogP contribution in [0.25, 0.3) is 0 Å². The molecule has 1 aromatic rings. The Kier molecular flexibility index (Phi) is 4.38. The van der Waals surface area contributed by atoms with E-state index in [1.807, 2.05) is 13.8 Å². The molecule has 0 aliphatic carbocycles. The van der Waals surface area contributed by atoms with Crippen LogP contribution < -0.4 is 5.32 Å². The minimum absolute atomic E-state index is 0.0452. The molecule has 0 fully saturated rings. The number of nitrogens with zero attached hydrogens (tertiary/aromatic N) is 1. The summed E-state index contributed by atoms with van der Waals surface area (Å²) in [6.07, 6.45) is -0.768. The van der Waals surface area contributed by atoms with Crippen molar-refractivity contribution in [2.75, 3.05) is 5.32 Å². The number of hydrogen-bond acceptors (Lipinski definition) is 4. The van der Waals surface area contributed by atoms with Crippen LogP contribution in [0.5, 0.6) is 0 Å². The van der Waals surface area contributed by atoms with Gasteiger partial charge in [-0.2, -0.15) is 0 Å². The van der Waals surface area contributed by atoms with Crippen molar-refractivity contribution in [3.63, 3.8) is 0 Å². The summed E-state index contributed by atoms with van der Waals surface area (Å²) in [4.78, 5) is 21.3. The first-order valence-electron chi connectivity index (χ1n) is 5.57. The molecule has 6 nitrogen and oxygen atoms in total. The van der Waals surface area contributed by atoms with Crippen LogP contribution in [0.1, 0.15) is 32.4 Å². The molecule has 0 radical (unpaired) electrons. The minimum atomic E-state index is -0.768. The van der Waals surface area contributed by atoms with Crippen LogP contribution in [-0.4, -0.2) is 15.9 Å². The maximum atomic E-state index is 10.9. The number of nitro benzene ring substituents is 1. The summed E-state index contributed by atoms with van der Waals surface area (Å²) < 4.78 is 0. The van der Waals surface area contributed by atoms with E-state index in [1.54, 1.807) is 6.07 Å². The molecule has 0 heterocycles. The van der Waals surface area contributed by atoms with E-state index < -0.39 is 11.0 Å². The van der Waals surface area contributed by atoms with Gasteiger partial charge in [0.1, 0.15) is 5.69 Å². The number of rotatable bonds is 4. The number of hydrogen-bond donors (Lipinski definition) is 2. The molecule has 0 spiro atoms. The van der Waals surface area contributed by atoms with Crippen molar-refractivity contribution in [1.29, 1.82) is 0 Å². The fraction of sp³-hybridized carbons (Fsp3) is 0.417. The molecule has 0 aliphatic heterocycles. The molecular weight excluding hydrogens is 236 g/mol. The highest BCUT2D eigenvalue weighted by molar-refractivity contribution is 5.91. The molecule has 0 bridgehead atoms. The number of benzene rings is 1. The highest BCUT2D eigenvalue weighted by Gasteiger charge is 2.19. The number of nitro groups is 1. The quantitative estimate of drug-likeness (QED) is 0.634. The third-order valence-electron chi connectivity index (χ3n) is 2.50. The number of anilines is 1. The van der Waals surface area contributed by atoms with Crippen LogP contribution in [0.2, 0.25) is 0 Å². The third-order valence-corrected chi connectivity index (χ3v) is 2.50. The summed E-state index contributed by atoms with van der Waals surface area (Å²) in [6, 6.07) is 4.29. The second-order valence-corrected chi connectivity index (χ2v) is 4.40. The van der Waals surface area contributed by atoms with Gasteiger partial charge in [0.25, 0.3) is 5.69 Å². The summed E-state index contributed by atoms with van der Waals surface area (Å²) in [5.41, 5.74) is 0.375. The molecule has 6 heteroatoms. The van der Waals surface area contributed by atoms with E-state index in [0.29, 0.717) is 5.56 Å². The highest BCUT2D eigenvalue weighted by atomic mass is 16.6. The summed E-state index contributed by atoms with van der Waals surface area (Å²) in [5.74, 6) is -0.425. The fourth-order valence-corrected chi connectivity index (χ4v) is 1.56. The van der Waals surface area contributed by atoms with Crippen molar-refractivity contribution < 1.29 is 14.8 Å². The van der Waals surface area contributed by atoms with E-state index in [-0.39, 0.29) is 23.2 Å². The Morgan fingerprint density at radius 2 is 2.06 bits per heavy atom. The minimum Gasteiger partial charge on any atom is -0.388 e. The first-order chi connectivity index (χ1) is 8.32. The van der Waals surface area contributed by atoms with Crippen LogP contribution in [0, 0.1) is 16.0 Å². The second kappa shape index (κ2) is 5.59. The Bertz CT molecular complexity index is 471. The molecule has 1 amide bonds. The van der Waals surface area contributed by atoms with Gasteiger partial charge in [0.15, 0.2) is 0 Å². The van der Waals surface area contributed by atoms with Crippen molar-refractivity contribution in [3.05, 3.63) is 33.9 Å². The normalized spacial score (nSPS) is 12.3. The lowest BCUT2D eigenvalue weighted by molar-refractivity contribution is -0.384. The monoisotopic (exact) mass is 252 g/mol. The number of aliphatic hydroxyl groups is 1. The van der Waals surface area contributed by atoms with Crippen LogP contribution in [-0.2, 0) is 4.79 Å². The molecular formula is C12H16N2O4. The average Bonchev–Trinajstić information content (AvgIpc) is 2.27. The number of carbonyl (C=O) groups is 1. The molecule has 0 aromatic heterocycles. The van der Waals surface area contributed by atoms with Crippen molar-refractivity contribution in [2.24, 2.45) is 5.92 Å². The van der Waals surface area contributed by atoms with Gasteiger partial charge < -0.3 is 10.4 Å². The zero-order chi connectivity index (χ0) is 13.9. The van der Waals surface area contributed by atoms with E-state index in [0.717, 1.165) is 0 Å². The van der Waals surface area contributed by atoms with Crippen LogP contribution in [0.4, 0.5) is 11.4 Å². The molecule has 1 unspecified atom stereocenters. The summed E-state index contributed by atoms with van der Waals surface area (Å²) in [7, 11) is 0. The predicted octanol–water partition coefficient (Wildman–Crippen LogP) is 2.24. The molecule has 98 valence electrons. The van der Waals surface area contributed by atoms with Crippen molar-refractivity contribution in [1.82, 2.24) is 0 Å². The van der Waals surface area contributed by atoms with E-state index >= 15 is 0 Å². The van der Waals surface area contributed by atoms with E-state index in [9.17, 15) is 20.0 Å². The van der Waals surface area contributed by atoms with Gasteiger partial charge in [0, 0.05) is 13.0 Å². The van der Waals surface area contributed by atoms with E-state index in [4.69, 9.17) is 0 Å². The van der Waals surface area contributed by atoms with Gasteiger partial charge in [-0.25, -0.2) is 0 Å². The lowest BCUT2D eigenvalue weighted by atomic mass is 9.98. The van der Waals surface area contributed by atoms with E-state index in [1.165, 1.54) is 19.1 Å². The molecule has 0 aliphatic rings. The van der Waals surface area contributed by atoms with Crippen molar-refractivity contribution in [3.8, 4) is 0 Å². The number of carbonyl (C=O) groups excluding carboxylic acids is 1. The second-order valence-electron chi connectivity index (χ2n) is 4.40. The Hall–Kier alpha value is -1.95. The van der Waals surface area contributed by atoms with Gasteiger partial charge in [-0.15, -0.1) is 0 Å². The van der Waals surface area contributed by atoms with Gasteiger partial charge in [-0.05, 0) is 17.5 Å². The Morgan fingerprint density at radius 1 is 1.44 bits per heavy atom. The molecule has 18 heavy (non-hydrogen) atoms. The Labute approximate surface area is 105 Å². The standard InChI is InChI=1S/C12H16N2O4/c1-7(2)12(16)9-4-5-10(13-8(3)15)11(6-9)14(17)18/h4-7,12,16H,1-3H3,(H,13,15). The number of nitrogens with one attached hydrogen (secondary N) is 1. The lowest BCUT2D eigenvalue weighted by Crippen LogP contribution is -2.10. The molecule has 0 saturated carbocycles. The zero-order valence-corrected chi connectivity index (χ0v) is 10.5. The van der Waals surface area contributed by atoms with Crippen LogP contribution in [0.3, 0.4) is 0 Å². The number of amides is 1. The first kappa shape index (κ1) is 14.1. The van der Waals surface area contributed by atoms with Gasteiger partial charge in [-0.3, -0.25) is 14.9 Å². The maximum absolute atomic E-state index is 10.9. The molecule has 1 aromatic carbocycles. The summed E-state index contributed by atoms with van der Waals surface area (Å²) in [6.45, 7) is 4.91. The largest absolute Gasteiger partial charge is 0.388 e. The molecule has 1 rings (SSSR count). The molecule has 2 N–H and O–H groups in total. The highest BCUT2D eigenvalue weighted by Crippen LogP contribution is 2.30. The lowest BCUT2D eigenvalue weighted by Gasteiger charge is -2.15. The van der Waals surface area contributed by atoms with Crippen LogP contribution in [0.15, 0.2) is 18.2 Å². The number of aliphatic hydroxyl groups excluding tert-OH is 1. The fourth-order valence-electron chi connectivity index (χ4n) is 1.56. The Balaban J connectivity index is 3.18. The topological polar surface area (TPSA) is 92.5 Å². The van der Waals surface area contributed by atoms with E-state index in [2.05, 4.69) is 5.32 Å². The third kappa shape index (κ3) is 3.27. The zero-order valence-electron chi connectivity index (χ0n) is 10.5. The molecule has 1 atom stereocenters. The van der Waals surface area contributed by atoms with Crippen molar-refractivity contribution in [2.45, 2.75) is 26.9 Å². The maximum Gasteiger partial charge on any atom is 0.293 e. The predicted molar refractivity (Wildman–Crippen MR) is 67.2 cm³/mol. The van der Waals surface area contributed by atoms with Gasteiger partial charge in [0.2, 0.25) is 5.91 Å². The van der Waals surface area contributed by atoms with Gasteiger partial charge in [-0.1, -0.05) is 19.9 Å².